The van der Waals surface area contributed by atoms with Crippen molar-refractivity contribution in [1.29, 1.82) is 0 Å². The number of aryl methyl sites for hydroxylation is 1. The molecule has 94 valence electrons. The summed E-state index contributed by atoms with van der Waals surface area (Å²) in [5, 5.41) is 3.27. The molecule has 0 radical (unpaired) electrons. The zero-order valence-electron chi connectivity index (χ0n) is 10.5. The molecule has 1 N–H and O–H groups in total. The Morgan fingerprint density at radius 2 is 2.29 bits per heavy atom. The fourth-order valence-electron chi connectivity index (χ4n) is 1.30. The highest BCUT2D eigenvalue weighted by molar-refractivity contribution is 14.1. The van der Waals surface area contributed by atoms with Crippen LogP contribution >= 0.6 is 22.6 Å². The molecule has 1 aromatic rings. The second-order valence-corrected chi connectivity index (χ2v) is 5.44. The predicted octanol–water partition coefficient (Wildman–Crippen LogP) is 1.71. The predicted molar refractivity (Wildman–Crippen MR) is 78.2 cm³/mol. The molecule has 0 amide bonds. The van der Waals surface area contributed by atoms with Crippen LogP contribution in [0.25, 0.3) is 0 Å². The molecule has 0 aliphatic carbocycles. The third-order valence-corrected chi connectivity index (χ3v) is 3.55. The lowest BCUT2D eigenvalue weighted by Crippen LogP contribution is -2.29. The molecule has 1 rings (SSSR count). The van der Waals surface area contributed by atoms with Crippen molar-refractivity contribution >= 4 is 22.6 Å². The molecule has 5 heteroatoms. The number of aromatic nitrogens is 2. The molecule has 0 aromatic carbocycles. The van der Waals surface area contributed by atoms with Crippen LogP contribution in [0.2, 0.25) is 0 Å². The molecule has 1 heterocycles. The van der Waals surface area contributed by atoms with Crippen molar-refractivity contribution < 1.29 is 0 Å². The minimum atomic E-state index is 0.00352. The number of nitrogens with zero attached hydrogens (tertiary/aromatic N) is 2. The van der Waals surface area contributed by atoms with E-state index in [1.807, 2.05) is 29.5 Å². The Balaban J connectivity index is 2.73. The summed E-state index contributed by atoms with van der Waals surface area (Å²) in [6.45, 7) is 11.2. The van der Waals surface area contributed by atoms with Gasteiger partial charge in [0, 0.05) is 19.1 Å². The molecule has 4 nitrogen and oxygen atoms in total. The number of nitrogens with one attached hydrogen (secondary N) is 1. The van der Waals surface area contributed by atoms with E-state index in [1.54, 1.807) is 10.9 Å². The van der Waals surface area contributed by atoms with Crippen molar-refractivity contribution in [3.8, 4) is 0 Å². The SMILES string of the molecule is C=C(CNC(C)C)Cn1cnc(C)c(I)c1=O. The summed E-state index contributed by atoms with van der Waals surface area (Å²) in [4.78, 5) is 16.1. The highest BCUT2D eigenvalue weighted by Gasteiger charge is 2.06. The third kappa shape index (κ3) is 4.23. The zero-order chi connectivity index (χ0) is 13.0. The van der Waals surface area contributed by atoms with E-state index in [0.29, 0.717) is 22.7 Å². The second kappa shape index (κ2) is 6.30. The van der Waals surface area contributed by atoms with Gasteiger partial charge in [0.2, 0.25) is 0 Å². The highest BCUT2D eigenvalue weighted by Crippen LogP contribution is 2.02. The van der Waals surface area contributed by atoms with Crippen LogP contribution < -0.4 is 10.9 Å². The van der Waals surface area contributed by atoms with Gasteiger partial charge in [-0.2, -0.15) is 0 Å². The largest absolute Gasteiger partial charge is 0.311 e. The van der Waals surface area contributed by atoms with E-state index >= 15 is 0 Å². The molecule has 0 aliphatic heterocycles. The Kier molecular flexibility index (Phi) is 5.32. The van der Waals surface area contributed by atoms with Crippen molar-refractivity contribution in [2.45, 2.75) is 33.4 Å². The molecule has 0 unspecified atom stereocenters. The summed E-state index contributed by atoms with van der Waals surface area (Å²) in [7, 11) is 0. The number of rotatable bonds is 5. The van der Waals surface area contributed by atoms with Gasteiger partial charge in [0.15, 0.2) is 0 Å². The lowest BCUT2D eigenvalue weighted by atomic mass is 10.2. The molecular weight excluding hydrogens is 329 g/mol. The monoisotopic (exact) mass is 347 g/mol. The van der Waals surface area contributed by atoms with Crippen LogP contribution in [0.5, 0.6) is 0 Å². The van der Waals surface area contributed by atoms with Crippen molar-refractivity contribution in [3.63, 3.8) is 0 Å². The first kappa shape index (κ1) is 14.4. The van der Waals surface area contributed by atoms with Gasteiger partial charge in [-0.25, -0.2) is 4.98 Å². The lowest BCUT2D eigenvalue weighted by Gasteiger charge is -2.12. The summed E-state index contributed by atoms with van der Waals surface area (Å²) >= 11 is 2.03. The maximum atomic E-state index is 11.9. The van der Waals surface area contributed by atoms with E-state index in [-0.39, 0.29) is 5.56 Å². The molecule has 0 spiro atoms. The normalized spacial score (nSPS) is 10.9. The number of hydrogen-bond acceptors (Lipinski definition) is 3. The van der Waals surface area contributed by atoms with Crippen molar-refractivity contribution in [3.05, 3.63) is 38.1 Å². The Hall–Kier alpha value is -0.690. The summed E-state index contributed by atoms with van der Waals surface area (Å²) < 4.78 is 2.27. The molecule has 0 atom stereocenters. The fraction of sp³-hybridized carbons (Fsp3) is 0.500. The summed E-state index contributed by atoms with van der Waals surface area (Å²) in [6, 6.07) is 0.416. The van der Waals surface area contributed by atoms with Gasteiger partial charge in [-0.15, -0.1) is 0 Å². The van der Waals surface area contributed by atoms with Crippen LogP contribution in [0.4, 0.5) is 0 Å². The molecule has 0 bridgehead atoms. The van der Waals surface area contributed by atoms with Crippen molar-refractivity contribution in [2.24, 2.45) is 0 Å². The standard InChI is InChI=1S/C12H18IN3O/c1-8(2)14-5-9(3)6-16-7-15-10(4)11(13)12(16)17/h7-8,14H,3,5-6H2,1-2,4H3. The van der Waals surface area contributed by atoms with E-state index < -0.39 is 0 Å². The van der Waals surface area contributed by atoms with Crippen LogP contribution in [0.15, 0.2) is 23.3 Å². The number of halogens is 1. The fourth-order valence-corrected chi connectivity index (χ4v) is 1.75. The highest BCUT2D eigenvalue weighted by atomic mass is 127. The van der Waals surface area contributed by atoms with Crippen LogP contribution in [0, 0.1) is 10.5 Å². The van der Waals surface area contributed by atoms with E-state index in [9.17, 15) is 4.79 Å². The second-order valence-electron chi connectivity index (χ2n) is 4.36. The van der Waals surface area contributed by atoms with Crippen LogP contribution in [-0.4, -0.2) is 22.1 Å². The molecule has 0 fully saturated rings. The summed E-state index contributed by atoms with van der Waals surface area (Å²) in [5.74, 6) is 0. The maximum absolute atomic E-state index is 11.9. The van der Waals surface area contributed by atoms with Crippen LogP contribution in [0.1, 0.15) is 19.5 Å². The Morgan fingerprint density at radius 3 is 2.88 bits per heavy atom. The summed E-state index contributed by atoms with van der Waals surface area (Å²) in [6.07, 6.45) is 1.58. The van der Waals surface area contributed by atoms with Gasteiger partial charge < -0.3 is 5.32 Å². The Morgan fingerprint density at radius 1 is 1.65 bits per heavy atom. The zero-order valence-corrected chi connectivity index (χ0v) is 12.6. The molecule has 0 saturated carbocycles. The first-order valence-corrected chi connectivity index (χ1v) is 6.61. The van der Waals surface area contributed by atoms with Gasteiger partial charge in [-0.05, 0) is 35.1 Å². The third-order valence-electron chi connectivity index (χ3n) is 2.31. The van der Waals surface area contributed by atoms with Gasteiger partial charge in [0.05, 0.1) is 15.6 Å². The minimum absolute atomic E-state index is 0.00352. The van der Waals surface area contributed by atoms with Gasteiger partial charge >= 0.3 is 0 Å². The quantitative estimate of drug-likeness (QED) is 0.652. The molecule has 1 aromatic heterocycles. The Bertz CT molecular complexity index is 465. The number of hydrogen-bond donors (Lipinski definition) is 1. The average Bonchev–Trinajstić information content (AvgIpc) is 2.27. The minimum Gasteiger partial charge on any atom is -0.311 e. The van der Waals surface area contributed by atoms with Gasteiger partial charge in [-0.1, -0.05) is 20.4 Å². The van der Waals surface area contributed by atoms with Crippen molar-refractivity contribution in [1.82, 2.24) is 14.9 Å². The smallest absolute Gasteiger partial charge is 0.267 e. The molecular formula is C12H18IN3O. The van der Waals surface area contributed by atoms with Gasteiger partial charge in [0.1, 0.15) is 0 Å². The first-order valence-electron chi connectivity index (χ1n) is 5.53. The Labute approximate surface area is 115 Å². The topological polar surface area (TPSA) is 46.9 Å². The average molecular weight is 347 g/mol. The molecule has 17 heavy (non-hydrogen) atoms. The first-order chi connectivity index (χ1) is 7.91. The van der Waals surface area contributed by atoms with Crippen LogP contribution in [-0.2, 0) is 6.54 Å². The molecule has 0 aliphatic rings. The molecule has 0 saturated heterocycles. The maximum Gasteiger partial charge on any atom is 0.267 e. The van der Waals surface area contributed by atoms with Crippen molar-refractivity contribution in [2.75, 3.05) is 6.54 Å². The van der Waals surface area contributed by atoms with Crippen LogP contribution in [0.3, 0.4) is 0 Å². The van der Waals surface area contributed by atoms with Gasteiger partial charge in [0.25, 0.3) is 5.56 Å². The summed E-state index contributed by atoms with van der Waals surface area (Å²) in [5.41, 5.74) is 1.75. The van der Waals surface area contributed by atoms with E-state index in [1.165, 1.54) is 0 Å². The van der Waals surface area contributed by atoms with E-state index in [4.69, 9.17) is 0 Å². The van der Waals surface area contributed by atoms with E-state index in [2.05, 4.69) is 30.7 Å². The van der Waals surface area contributed by atoms with Gasteiger partial charge in [-0.3, -0.25) is 9.36 Å². The van der Waals surface area contributed by atoms with E-state index in [0.717, 1.165) is 11.3 Å². The lowest BCUT2D eigenvalue weighted by molar-refractivity contribution is 0.596.